The molecule has 0 aromatic carbocycles. The zero-order valence-electron chi connectivity index (χ0n) is 7.41. The third-order valence-electron chi connectivity index (χ3n) is 1.65. The van der Waals surface area contributed by atoms with Crippen LogP contribution >= 0.6 is 11.6 Å². The van der Waals surface area contributed by atoms with Crippen molar-refractivity contribution in [2.45, 2.75) is 5.16 Å². The van der Waals surface area contributed by atoms with Crippen LogP contribution < -0.4 is 5.69 Å². The molecule has 0 bridgehead atoms. The summed E-state index contributed by atoms with van der Waals surface area (Å²) in [5.74, 6) is 0. The number of rotatable bonds is 1. The summed E-state index contributed by atoms with van der Waals surface area (Å²) in [5, 5.41) is -0.533. The van der Waals surface area contributed by atoms with E-state index in [2.05, 4.69) is 19.9 Å². The molecule has 9 heteroatoms. The summed E-state index contributed by atoms with van der Waals surface area (Å²) in [6.07, 6.45) is 0.954. The third-order valence-corrected chi connectivity index (χ3v) is 2.77. The van der Waals surface area contributed by atoms with Crippen LogP contribution in [0.15, 0.2) is 9.95 Å². The highest BCUT2D eigenvalue weighted by Crippen LogP contribution is 2.16. The van der Waals surface area contributed by atoms with Crippen LogP contribution in [0.3, 0.4) is 0 Å². The van der Waals surface area contributed by atoms with E-state index in [1.165, 1.54) is 0 Å². The number of hydrogen-bond acceptors (Lipinski definition) is 5. The fourth-order valence-corrected chi connectivity index (χ4v) is 1.81. The molecule has 2 rings (SSSR count). The minimum absolute atomic E-state index is 0.0698. The standard InChI is InChI=1S/C6H5ClN4O3S/c1-15(13,14)6-9-3(7)2-4(11-6)10-5(12)8-2/h1H3,(H2,8,9,10,11,12). The average Bonchev–Trinajstić information content (AvgIpc) is 2.44. The van der Waals surface area contributed by atoms with Crippen LogP contribution in [0.1, 0.15) is 0 Å². The lowest BCUT2D eigenvalue weighted by Gasteiger charge is -1.97. The molecule has 2 aromatic heterocycles. The molecule has 0 aliphatic heterocycles. The van der Waals surface area contributed by atoms with E-state index in [1.54, 1.807) is 0 Å². The lowest BCUT2D eigenvalue weighted by atomic mass is 10.6. The SMILES string of the molecule is CS(=O)(=O)c1nc(Cl)c2[nH]c(=O)[nH]c2n1. The molecular weight excluding hydrogens is 244 g/mol. The summed E-state index contributed by atoms with van der Waals surface area (Å²) in [4.78, 5) is 22.8. The number of aromatic amines is 2. The molecular formula is C6H5ClN4O3S. The lowest BCUT2D eigenvalue weighted by molar-refractivity contribution is 0.593. The summed E-state index contributed by atoms with van der Waals surface area (Å²) < 4.78 is 22.3. The van der Waals surface area contributed by atoms with Crippen molar-refractivity contribution in [1.82, 2.24) is 19.9 Å². The molecule has 0 radical (unpaired) electrons. The average molecular weight is 249 g/mol. The predicted octanol–water partition coefficient (Wildman–Crippen LogP) is -0.297. The van der Waals surface area contributed by atoms with Crippen LogP contribution in [-0.4, -0.2) is 34.6 Å². The summed E-state index contributed by atoms with van der Waals surface area (Å²) in [6, 6.07) is 0. The van der Waals surface area contributed by atoms with Gasteiger partial charge in [-0.2, -0.15) is 4.98 Å². The van der Waals surface area contributed by atoms with Gasteiger partial charge in [0.05, 0.1) is 0 Å². The van der Waals surface area contributed by atoms with E-state index in [0.29, 0.717) is 0 Å². The number of nitrogens with one attached hydrogen (secondary N) is 2. The van der Waals surface area contributed by atoms with Gasteiger partial charge in [-0.1, -0.05) is 11.6 Å². The van der Waals surface area contributed by atoms with Crippen molar-refractivity contribution < 1.29 is 8.42 Å². The van der Waals surface area contributed by atoms with Gasteiger partial charge in [0, 0.05) is 6.26 Å². The quantitative estimate of drug-likeness (QED) is 0.532. The summed E-state index contributed by atoms with van der Waals surface area (Å²) in [5.41, 5.74) is -0.263. The van der Waals surface area contributed by atoms with E-state index in [-0.39, 0.29) is 16.3 Å². The Balaban J connectivity index is 2.89. The van der Waals surface area contributed by atoms with Crippen molar-refractivity contribution in [3.05, 3.63) is 15.6 Å². The first-order valence-corrected chi connectivity index (χ1v) is 6.00. The smallest absolute Gasteiger partial charge is 0.302 e. The van der Waals surface area contributed by atoms with Crippen molar-refractivity contribution in [2.75, 3.05) is 6.26 Å². The van der Waals surface area contributed by atoms with E-state index in [4.69, 9.17) is 11.6 Å². The van der Waals surface area contributed by atoms with Gasteiger partial charge in [0.2, 0.25) is 15.0 Å². The molecule has 0 saturated carbocycles. The maximum atomic E-state index is 11.1. The Labute approximate surface area is 88.4 Å². The van der Waals surface area contributed by atoms with Gasteiger partial charge in [0.25, 0.3) is 0 Å². The zero-order valence-corrected chi connectivity index (χ0v) is 8.98. The first kappa shape index (κ1) is 10.1. The minimum atomic E-state index is -3.55. The van der Waals surface area contributed by atoms with Gasteiger partial charge < -0.3 is 4.98 Å². The van der Waals surface area contributed by atoms with Crippen LogP contribution in [0.25, 0.3) is 11.2 Å². The van der Waals surface area contributed by atoms with Gasteiger partial charge in [-0.05, 0) is 0 Å². The molecule has 15 heavy (non-hydrogen) atoms. The molecule has 2 N–H and O–H groups in total. The monoisotopic (exact) mass is 248 g/mol. The molecule has 0 saturated heterocycles. The molecule has 80 valence electrons. The molecule has 2 aromatic rings. The summed E-state index contributed by atoms with van der Waals surface area (Å²) in [7, 11) is -3.55. The summed E-state index contributed by atoms with van der Waals surface area (Å²) in [6.45, 7) is 0. The molecule has 0 unspecified atom stereocenters. The molecule has 0 aliphatic carbocycles. The first-order chi connectivity index (χ1) is 6.88. The van der Waals surface area contributed by atoms with Crippen molar-refractivity contribution in [3.63, 3.8) is 0 Å². The number of hydrogen-bond donors (Lipinski definition) is 2. The van der Waals surface area contributed by atoms with Gasteiger partial charge in [-0.3, -0.25) is 4.98 Å². The second kappa shape index (κ2) is 3.04. The van der Waals surface area contributed by atoms with Crippen LogP contribution in [0.4, 0.5) is 0 Å². The summed E-state index contributed by atoms with van der Waals surface area (Å²) >= 11 is 5.68. The molecule has 7 nitrogen and oxygen atoms in total. The van der Waals surface area contributed by atoms with E-state index < -0.39 is 20.7 Å². The molecule has 0 aliphatic rings. The first-order valence-electron chi connectivity index (χ1n) is 3.73. The van der Waals surface area contributed by atoms with Gasteiger partial charge in [0.15, 0.2) is 10.8 Å². The molecule has 2 heterocycles. The van der Waals surface area contributed by atoms with Crippen molar-refractivity contribution >= 4 is 32.6 Å². The largest absolute Gasteiger partial charge is 0.325 e. The van der Waals surface area contributed by atoms with Crippen LogP contribution in [0, 0.1) is 0 Å². The number of sulfone groups is 1. The van der Waals surface area contributed by atoms with Crippen molar-refractivity contribution in [2.24, 2.45) is 0 Å². The van der Waals surface area contributed by atoms with Crippen LogP contribution in [-0.2, 0) is 9.84 Å². The van der Waals surface area contributed by atoms with E-state index >= 15 is 0 Å². The van der Waals surface area contributed by atoms with E-state index in [9.17, 15) is 13.2 Å². The Morgan fingerprint density at radius 2 is 1.93 bits per heavy atom. The second-order valence-corrected chi connectivity index (χ2v) is 5.14. The van der Waals surface area contributed by atoms with Crippen LogP contribution in [0.5, 0.6) is 0 Å². The normalized spacial score (nSPS) is 12.1. The fourth-order valence-electron chi connectivity index (χ4n) is 1.03. The minimum Gasteiger partial charge on any atom is -0.302 e. The molecule has 0 atom stereocenters. The molecule has 0 amide bonds. The van der Waals surface area contributed by atoms with Gasteiger partial charge in [0.1, 0.15) is 5.52 Å². The highest BCUT2D eigenvalue weighted by molar-refractivity contribution is 7.90. The number of nitrogens with zero attached hydrogens (tertiary/aromatic N) is 2. The number of H-pyrrole nitrogens is 2. The number of halogens is 1. The maximum Gasteiger partial charge on any atom is 0.325 e. The van der Waals surface area contributed by atoms with Crippen molar-refractivity contribution in [1.29, 1.82) is 0 Å². The number of aromatic nitrogens is 4. The Bertz CT molecular complexity index is 686. The number of imidazole rings is 1. The number of fused-ring (bicyclic) bond motifs is 1. The molecule has 0 fully saturated rings. The molecule has 0 spiro atoms. The highest BCUT2D eigenvalue weighted by atomic mass is 35.5. The van der Waals surface area contributed by atoms with E-state index in [0.717, 1.165) is 6.26 Å². The predicted molar refractivity (Wildman–Crippen MR) is 52.6 cm³/mol. The zero-order chi connectivity index (χ0) is 11.2. The topological polar surface area (TPSA) is 109 Å². The Hall–Kier alpha value is -1.41. The van der Waals surface area contributed by atoms with Gasteiger partial charge >= 0.3 is 5.69 Å². The Morgan fingerprint density at radius 1 is 1.27 bits per heavy atom. The lowest BCUT2D eigenvalue weighted by Crippen LogP contribution is -2.04. The Kier molecular flexibility index (Phi) is 2.05. The fraction of sp³-hybridized carbons (Fsp3) is 0.167. The third kappa shape index (κ3) is 1.73. The highest BCUT2D eigenvalue weighted by Gasteiger charge is 2.16. The van der Waals surface area contributed by atoms with Gasteiger partial charge in [-0.25, -0.2) is 18.2 Å². The second-order valence-electron chi connectivity index (χ2n) is 2.87. The van der Waals surface area contributed by atoms with Crippen molar-refractivity contribution in [3.8, 4) is 0 Å². The maximum absolute atomic E-state index is 11.1. The van der Waals surface area contributed by atoms with Gasteiger partial charge in [-0.15, -0.1) is 0 Å². The van der Waals surface area contributed by atoms with E-state index in [1.807, 2.05) is 0 Å². The van der Waals surface area contributed by atoms with Crippen LogP contribution in [0.2, 0.25) is 5.15 Å². The Morgan fingerprint density at radius 3 is 2.53 bits per heavy atom.